The van der Waals surface area contributed by atoms with Crippen molar-refractivity contribution in [2.24, 2.45) is 0 Å². The van der Waals surface area contributed by atoms with Gasteiger partial charge in [-0.2, -0.15) is 0 Å². The second-order valence-corrected chi connectivity index (χ2v) is 8.79. The predicted octanol–water partition coefficient (Wildman–Crippen LogP) is 9.32. The lowest BCUT2D eigenvalue weighted by Crippen LogP contribution is -2.03. The molecule has 0 unspecified atom stereocenters. The summed E-state index contributed by atoms with van der Waals surface area (Å²) in [5.41, 5.74) is 0. The summed E-state index contributed by atoms with van der Waals surface area (Å²) in [6, 6.07) is 0. The van der Waals surface area contributed by atoms with E-state index in [2.05, 4.69) is 13.5 Å². The maximum absolute atomic E-state index is 11.3. The average molecular weight is 409 g/mol. The Morgan fingerprint density at radius 3 is 1.21 bits per heavy atom. The molecule has 0 bridgehead atoms. The average Bonchev–Trinajstić information content (AvgIpc) is 2.73. The van der Waals surface area contributed by atoms with Gasteiger partial charge in [-0.05, 0) is 6.42 Å². The van der Waals surface area contributed by atoms with Crippen molar-refractivity contribution in [2.45, 2.75) is 148 Å². The Balaban J connectivity index is 3.05. The van der Waals surface area contributed by atoms with E-state index in [0.29, 0.717) is 13.0 Å². The zero-order chi connectivity index (χ0) is 21.3. The number of rotatable bonds is 24. The zero-order valence-electron chi connectivity index (χ0n) is 19.9. The number of hydrogen-bond acceptors (Lipinski definition) is 2. The summed E-state index contributed by atoms with van der Waals surface area (Å²) < 4.78 is 4.98. The zero-order valence-corrected chi connectivity index (χ0v) is 19.9. The van der Waals surface area contributed by atoms with E-state index in [9.17, 15) is 4.79 Å². The predicted molar refractivity (Wildman–Crippen MR) is 128 cm³/mol. The molecule has 0 radical (unpaired) electrons. The van der Waals surface area contributed by atoms with E-state index in [1.165, 1.54) is 122 Å². The van der Waals surface area contributed by atoms with Crippen molar-refractivity contribution in [3.8, 4) is 0 Å². The fourth-order valence-corrected chi connectivity index (χ4v) is 3.93. The van der Waals surface area contributed by atoms with Crippen LogP contribution in [0, 0.1) is 0 Å². The lowest BCUT2D eigenvalue weighted by atomic mass is 10.0. The third-order valence-corrected chi connectivity index (χ3v) is 5.85. The molecule has 0 aromatic carbocycles. The maximum Gasteiger partial charge on any atom is 0.306 e. The van der Waals surface area contributed by atoms with E-state index < -0.39 is 0 Å². The molecular weight excluding hydrogens is 356 g/mol. The summed E-state index contributed by atoms with van der Waals surface area (Å²) >= 11 is 0. The number of carbonyl (C=O) groups excluding carboxylic acids is 1. The minimum absolute atomic E-state index is 0.0808. The molecule has 0 N–H and O–H groups in total. The molecule has 0 aromatic rings. The molecule has 0 aliphatic heterocycles. The van der Waals surface area contributed by atoms with Crippen LogP contribution in [0.5, 0.6) is 0 Å². The van der Waals surface area contributed by atoms with Crippen molar-refractivity contribution < 1.29 is 9.53 Å². The molecule has 0 amide bonds. The maximum atomic E-state index is 11.3. The quantitative estimate of drug-likeness (QED) is 0.0903. The fourth-order valence-electron chi connectivity index (χ4n) is 3.93. The molecule has 0 aliphatic carbocycles. The van der Waals surface area contributed by atoms with Crippen LogP contribution >= 0.6 is 0 Å². The molecule has 29 heavy (non-hydrogen) atoms. The molecule has 0 atom stereocenters. The van der Waals surface area contributed by atoms with Gasteiger partial charge in [0, 0.05) is 6.42 Å². The summed E-state index contributed by atoms with van der Waals surface area (Å²) in [6.07, 6.45) is 31.3. The van der Waals surface area contributed by atoms with E-state index in [4.69, 9.17) is 4.74 Å². The van der Waals surface area contributed by atoms with Gasteiger partial charge in [0.05, 0.1) is 0 Å². The fraction of sp³-hybridized carbons (Fsp3) is 0.889. The molecule has 2 nitrogen and oxygen atoms in total. The third-order valence-electron chi connectivity index (χ3n) is 5.85. The van der Waals surface area contributed by atoms with Gasteiger partial charge in [0.25, 0.3) is 0 Å². The monoisotopic (exact) mass is 408 g/mol. The first-order valence-corrected chi connectivity index (χ1v) is 13.1. The highest BCUT2D eigenvalue weighted by molar-refractivity contribution is 5.69. The van der Waals surface area contributed by atoms with Crippen LogP contribution in [0.3, 0.4) is 0 Å². The van der Waals surface area contributed by atoms with E-state index in [0.717, 1.165) is 12.8 Å². The molecule has 0 aromatic heterocycles. The molecule has 0 spiro atoms. The third kappa shape index (κ3) is 25.2. The molecule has 172 valence electrons. The Morgan fingerprint density at radius 2 is 0.897 bits per heavy atom. The highest BCUT2D eigenvalue weighted by atomic mass is 16.5. The van der Waals surface area contributed by atoms with E-state index in [1.54, 1.807) is 6.08 Å². The Labute approximate surface area is 183 Å². The van der Waals surface area contributed by atoms with Crippen LogP contribution in [-0.2, 0) is 9.53 Å². The van der Waals surface area contributed by atoms with Gasteiger partial charge in [0.15, 0.2) is 0 Å². The molecule has 0 saturated carbocycles. The topological polar surface area (TPSA) is 26.3 Å². The summed E-state index contributed by atoms with van der Waals surface area (Å²) in [4.78, 5) is 11.3. The first kappa shape index (κ1) is 28.2. The smallest absolute Gasteiger partial charge is 0.306 e. The van der Waals surface area contributed by atoms with Crippen molar-refractivity contribution in [1.29, 1.82) is 0 Å². The first-order valence-electron chi connectivity index (χ1n) is 13.1. The molecule has 0 rings (SSSR count). The van der Waals surface area contributed by atoms with Gasteiger partial charge in [0.1, 0.15) is 6.61 Å². The largest absolute Gasteiger partial charge is 0.461 e. The molecular formula is C27H52O2. The normalized spacial score (nSPS) is 10.9. The van der Waals surface area contributed by atoms with Gasteiger partial charge >= 0.3 is 5.97 Å². The number of esters is 1. The molecule has 0 aliphatic rings. The standard InChI is InChI=1S/C27H52O2/c1-3-5-6-7-8-9-10-11-12-13-14-15-16-17-18-19-20-21-22-23-24-25-27(28)29-26-4-2/h4H,2-3,5-26H2,1H3. The van der Waals surface area contributed by atoms with Gasteiger partial charge in [-0.1, -0.05) is 148 Å². The highest BCUT2D eigenvalue weighted by Gasteiger charge is 2.01. The molecule has 2 heteroatoms. The van der Waals surface area contributed by atoms with Crippen molar-refractivity contribution in [1.82, 2.24) is 0 Å². The van der Waals surface area contributed by atoms with Crippen molar-refractivity contribution >= 4 is 5.97 Å². The lowest BCUT2D eigenvalue weighted by Gasteiger charge is -2.04. The number of ether oxygens (including phenoxy) is 1. The number of hydrogen-bond donors (Lipinski definition) is 0. The summed E-state index contributed by atoms with van der Waals surface area (Å²) in [5, 5.41) is 0. The van der Waals surface area contributed by atoms with Crippen LogP contribution in [-0.4, -0.2) is 12.6 Å². The van der Waals surface area contributed by atoms with Crippen molar-refractivity contribution in [3.63, 3.8) is 0 Å². The Bertz CT molecular complexity index is 337. The lowest BCUT2D eigenvalue weighted by molar-refractivity contribution is -0.142. The number of carbonyl (C=O) groups is 1. The summed E-state index contributed by atoms with van der Waals surface area (Å²) in [5.74, 6) is -0.0808. The molecule has 0 fully saturated rings. The summed E-state index contributed by atoms with van der Waals surface area (Å²) in [7, 11) is 0. The van der Waals surface area contributed by atoms with E-state index >= 15 is 0 Å². The van der Waals surface area contributed by atoms with Gasteiger partial charge in [-0.3, -0.25) is 4.79 Å². The van der Waals surface area contributed by atoms with Gasteiger partial charge < -0.3 is 4.74 Å². The second-order valence-electron chi connectivity index (χ2n) is 8.79. The van der Waals surface area contributed by atoms with E-state index in [-0.39, 0.29) is 5.97 Å². The SMILES string of the molecule is C=CCOC(=O)CCCCCCCCCCCCCCCCCCCCCCC. The van der Waals surface area contributed by atoms with Crippen LogP contribution in [0.1, 0.15) is 148 Å². The second kappa shape index (κ2) is 25.2. The van der Waals surface area contributed by atoms with Crippen molar-refractivity contribution in [2.75, 3.05) is 6.61 Å². The van der Waals surface area contributed by atoms with Crippen LogP contribution in [0.2, 0.25) is 0 Å². The number of unbranched alkanes of at least 4 members (excludes halogenated alkanes) is 20. The van der Waals surface area contributed by atoms with Gasteiger partial charge in [-0.25, -0.2) is 0 Å². The van der Waals surface area contributed by atoms with Crippen LogP contribution in [0.25, 0.3) is 0 Å². The Hall–Kier alpha value is -0.790. The van der Waals surface area contributed by atoms with Gasteiger partial charge in [-0.15, -0.1) is 0 Å². The van der Waals surface area contributed by atoms with E-state index in [1.807, 2.05) is 0 Å². The highest BCUT2D eigenvalue weighted by Crippen LogP contribution is 2.15. The van der Waals surface area contributed by atoms with Gasteiger partial charge in [0.2, 0.25) is 0 Å². The Kier molecular flexibility index (Phi) is 24.6. The summed E-state index contributed by atoms with van der Waals surface area (Å²) in [6.45, 7) is 6.18. The minimum Gasteiger partial charge on any atom is -0.461 e. The Morgan fingerprint density at radius 1 is 0.586 bits per heavy atom. The molecule has 0 saturated heterocycles. The van der Waals surface area contributed by atoms with Crippen LogP contribution in [0.15, 0.2) is 12.7 Å². The molecule has 0 heterocycles. The van der Waals surface area contributed by atoms with Crippen LogP contribution < -0.4 is 0 Å². The minimum atomic E-state index is -0.0808. The van der Waals surface area contributed by atoms with Crippen LogP contribution in [0.4, 0.5) is 0 Å². The first-order chi connectivity index (χ1) is 14.3. The van der Waals surface area contributed by atoms with Crippen molar-refractivity contribution in [3.05, 3.63) is 12.7 Å².